The second-order valence-corrected chi connectivity index (χ2v) is 5.56. The third-order valence-corrected chi connectivity index (χ3v) is 3.92. The van der Waals surface area contributed by atoms with E-state index in [2.05, 4.69) is 16.8 Å². The first kappa shape index (κ1) is 13.3. The molecule has 1 atom stereocenters. The number of hydrogen-bond acceptors (Lipinski definition) is 6. The Morgan fingerprint density at radius 3 is 3.11 bits per heavy atom. The van der Waals surface area contributed by atoms with Crippen molar-refractivity contribution in [3.63, 3.8) is 0 Å². The van der Waals surface area contributed by atoms with Crippen LogP contribution < -0.4 is 4.90 Å². The molecule has 1 aliphatic heterocycles. The van der Waals surface area contributed by atoms with Crippen LogP contribution in [0.3, 0.4) is 0 Å². The number of esters is 1. The maximum atomic E-state index is 11.5. The molecule has 0 amide bonds. The van der Waals surface area contributed by atoms with Crippen LogP contribution in [-0.4, -0.2) is 43.9 Å². The highest BCUT2D eigenvalue weighted by atomic mass is 32.1. The topological polar surface area (TPSA) is 51.7 Å². The van der Waals surface area contributed by atoms with E-state index < -0.39 is 0 Å². The van der Waals surface area contributed by atoms with Gasteiger partial charge in [0.1, 0.15) is 0 Å². The summed E-state index contributed by atoms with van der Waals surface area (Å²) in [6.07, 6.45) is 1.18. The van der Waals surface area contributed by atoms with Crippen LogP contribution in [0.4, 0.5) is 5.13 Å². The van der Waals surface area contributed by atoms with Gasteiger partial charge >= 0.3 is 5.97 Å². The zero-order valence-corrected chi connectivity index (χ0v) is 11.7. The molecule has 0 spiro atoms. The fourth-order valence-electron chi connectivity index (χ4n) is 1.97. The second kappa shape index (κ2) is 5.67. The van der Waals surface area contributed by atoms with Crippen LogP contribution in [0.2, 0.25) is 0 Å². The molecule has 2 heterocycles. The molecule has 1 unspecified atom stereocenters. The molecular weight excluding hydrogens is 252 g/mol. The number of aryl methyl sites for hydroxylation is 1. The van der Waals surface area contributed by atoms with E-state index in [0.29, 0.717) is 5.69 Å². The Kier molecular flexibility index (Phi) is 4.19. The van der Waals surface area contributed by atoms with Gasteiger partial charge in [-0.25, -0.2) is 9.78 Å². The number of aromatic nitrogens is 1. The molecular formula is C12H18N2O3S. The van der Waals surface area contributed by atoms with Crippen molar-refractivity contribution in [2.24, 2.45) is 0 Å². The molecule has 6 heteroatoms. The molecule has 1 aliphatic rings. The van der Waals surface area contributed by atoms with Gasteiger partial charge in [-0.1, -0.05) is 0 Å². The smallest absolute Gasteiger partial charge is 0.357 e. The fourth-order valence-corrected chi connectivity index (χ4v) is 2.90. The molecule has 100 valence electrons. The minimum Gasteiger partial charge on any atom is -0.464 e. The van der Waals surface area contributed by atoms with Crippen LogP contribution in [0.25, 0.3) is 0 Å². The van der Waals surface area contributed by atoms with Crippen LogP contribution in [-0.2, 0) is 9.47 Å². The van der Waals surface area contributed by atoms with Gasteiger partial charge in [0.2, 0.25) is 0 Å². The lowest BCUT2D eigenvalue weighted by atomic mass is 10.3. The fraction of sp³-hybridized carbons (Fsp3) is 0.667. The first-order valence-electron chi connectivity index (χ1n) is 6.04. The van der Waals surface area contributed by atoms with Crippen LogP contribution in [0.1, 0.15) is 28.7 Å². The van der Waals surface area contributed by atoms with Gasteiger partial charge in [-0.05, 0) is 20.3 Å². The third-order valence-electron chi connectivity index (χ3n) is 2.89. The lowest BCUT2D eigenvalue weighted by molar-refractivity contribution is 0.0594. The number of thiazole rings is 1. The Morgan fingerprint density at radius 2 is 2.39 bits per heavy atom. The van der Waals surface area contributed by atoms with E-state index in [4.69, 9.17) is 9.47 Å². The van der Waals surface area contributed by atoms with Gasteiger partial charge in [-0.15, -0.1) is 11.3 Å². The quantitative estimate of drug-likeness (QED) is 0.768. The monoisotopic (exact) mass is 270 g/mol. The molecule has 0 bridgehead atoms. The minimum absolute atomic E-state index is 0.193. The molecule has 0 N–H and O–H groups in total. The van der Waals surface area contributed by atoms with Crippen molar-refractivity contribution in [2.45, 2.75) is 26.4 Å². The molecule has 5 nitrogen and oxygen atoms in total. The molecule has 1 aromatic heterocycles. The Hall–Kier alpha value is -1.14. The zero-order valence-electron chi connectivity index (χ0n) is 10.9. The highest BCUT2D eigenvalue weighted by Crippen LogP contribution is 2.27. The van der Waals surface area contributed by atoms with Gasteiger partial charge in [-0.3, -0.25) is 0 Å². The van der Waals surface area contributed by atoms with Gasteiger partial charge in [0.05, 0.1) is 13.2 Å². The molecule has 2 rings (SSSR count). The Bertz CT molecular complexity index is 433. The van der Waals surface area contributed by atoms with Gasteiger partial charge in [0.25, 0.3) is 0 Å². The van der Waals surface area contributed by atoms with Crippen LogP contribution >= 0.6 is 11.3 Å². The van der Waals surface area contributed by atoms with Gasteiger partial charge in [-0.2, -0.15) is 0 Å². The maximum absolute atomic E-state index is 11.5. The summed E-state index contributed by atoms with van der Waals surface area (Å²) in [5.41, 5.74) is 0.426. The molecule has 0 radical (unpaired) electrons. The molecule has 0 saturated carbocycles. The summed E-state index contributed by atoms with van der Waals surface area (Å²) in [4.78, 5) is 19.0. The average Bonchev–Trinajstić information content (AvgIpc) is 2.60. The van der Waals surface area contributed by atoms with E-state index >= 15 is 0 Å². The zero-order chi connectivity index (χ0) is 13.1. The highest BCUT2D eigenvalue weighted by molar-refractivity contribution is 7.15. The van der Waals surface area contributed by atoms with Crippen molar-refractivity contribution in [1.82, 2.24) is 4.98 Å². The molecule has 0 aromatic carbocycles. The van der Waals surface area contributed by atoms with E-state index in [0.717, 1.165) is 36.1 Å². The largest absolute Gasteiger partial charge is 0.464 e. The number of hydrogen-bond donors (Lipinski definition) is 0. The number of methoxy groups -OCH3 is 1. The molecule has 1 fully saturated rings. The molecule has 0 aliphatic carbocycles. The number of ether oxygens (including phenoxy) is 2. The third kappa shape index (κ3) is 2.81. The number of anilines is 1. The first-order chi connectivity index (χ1) is 8.61. The number of rotatable bonds is 2. The normalized spacial score (nSPS) is 20.6. The van der Waals surface area contributed by atoms with E-state index in [1.165, 1.54) is 18.4 Å². The summed E-state index contributed by atoms with van der Waals surface area (Å²) in [6.45, 7) is 6.46. The number of carbonyl (C=O) groups is 1. The summed E-state index contributed by atoms with van der Waals surface area (Å²) in [5.74, 6) is -0.367. The summed E-state index contributed by atoms with van der Waals surface area (Å²) in [7, 11) is 1.38. The lowest BCUT2D eigenvalue weighted by Gasteiger charge is -2.20. The minimum atomic E-state index is -0.367. The summed E-state index contributed by atoms with van der Waals surface area (Å²) >= 11 is 1.53. The molecule has 1 saturated heterocycles. The predicted molar refractivity (Wildman–Crippen MR) is 70.4 cm³/mol. The van der Waals surface area contributed by atoms with Crippen LogP contribution in [0.15, 0.2) is 0 Å². The number of nitrogens with zero attached hydrogens (tertiary/aromatic N) is 2. The van der Waals surface area contributed by atoms with E-state index in [9.17, 15) is 4.79 Å². The SMILES string of the molecule is COC(=O)c1nc(N2CCCOC(C)C2)sc1C. The van der Waals surface area contributed by atoms with Crippen molar-refractivity contribution < 1.29 is 14.3 Å². The van der Waals surface area contributed by atoms with Crippen molar-refractivity contribution in [2.75, 3.05) is 31.7 Å². The van der Waals surface area contributed by atoms with Gasteiger partial charge < -0.3 is 14.4 Å². The van der Waals surface area contributed by atoms with Gasteiger partial charge in [0, 0.05) is 24.6 Å². The lowest BCUT2D eigenvalue weighted by Crippen LogP contribution is -2.30. The highest BCUT2D eigenvalue weighted by Gasteiger charge is 2.22. The summed E-state index contributed by atoms with van der Waals surface area (Å²) in [6, 6.07) is 0. The summed E-state index contributed by atoms with van der Waals surface area (Å²) < 4.78 is 10.3. The van der Waals surface area contributed by atoms with Crippen LogP contribution in [0.5, 0.6) is 0 Å². The molecule has 18 heavy (non-hydrogen) atoms. The first-order valence-corrected chi connectivity index (χ1v) is 6.85. The maximum Gasteiger partial charge on any atom is 0.357 e. The van der Waals surface area contributed by atoms with E-state index in [-0.39, 0.29) is 12.1 Å². The van der Waals surface area contributed by atoms with E-state index in [1.54, 1.807) is 0 Å². The Balaban J connectivity index is 2.19. The molecule has 1 aromatic rings. The van der Waals surface area contributed by atoms with Crippen molar-refractivity contribution in [3.05, 3.63) is 10.6 Å². The van der Waals surface area contributed by atoms with Crippen LogP contribution in [0, 0.1) is 6.92 Å². The number of carbonyl (C=O) groups excluding carboxylic acids is 1. The van der Waals surface area contributed by atoms with E-state index in [1.807, 2.05) is 6.92 Å². The summed E-state index contributed by atoms with van der Waals surface area (Å²) in [5, 5.41) is 0.880. The Labute approximate surface area is 111 Å². The van der Waals surface area contributed by atoms with Crippen molar-refractivity contribution >= 4 is 22.4 Å². The predicted octanol–water partition coefficient (Wildman–Crippen LogP) is 1.85. The Morgan fingerprint density at radius 1 is 1.61 bits per heavy atom. The van der Waals surface area contributed by atoms with Crippen molar-refractivity contribution in [3.8, 4) is 0 Å². The second-order valence-electron chi connectivity index (χ2n) is 4.37. The standard InChI is InChI=1S/C12H18N2O3S/c1-8-7-14(5-4-6-17-8)12-13-10(9(2)18-12)11(15)16-3/h8H,4-7H2,1-3H3. The van der Waals surface area contributed by atoms with Crippen molar-refractivity contribution in [1.29, 1.82) is 0 Å². The average molecular weight is 270 g/mol. The van der Waals surface area contributed by atoms with Gasteiger partial charge in [0.15, 0.2) is 10.8 Å².